The molecule has 0 bridgehead atoms. The van der Waals surface area contributed by atoms with Crippen molar-refractivity contribution in [3.63, 3.8) is 0 Å². The number of benzene rings is 1. The van der Waals surface area contributed by atoms with Gasteiger partial charge in [0.15, 0.2) is 5.78 Å². The van der Waals surface area contributed by atoms with Crippen LogP contribution in [-0.4, -0.2) is 11.3 Å². The van der Waals surface area contributed by atoms with Gasteiger partial charge in [-0.15, -0.1) is 0 Å². The lowest BCUT2D eigenvalue weighted by Gasteiger charge is -2.31. The van der Waals surface area contributed by atoms with E-state index < -0.39 is 5.54 Å². The van der Waals surface area contributed by atoms with Crippen molar-refractivity contribution in [1.82, 2.24) is 0 Å². The summed E-state index contributed by atoms with van der Waals surface area (Å²) in [5.41, 5.74) is 6.16. The van der Waals surface area contributed by atoms with E-state index in [9.17, 15) is 4.79 Å². The third-order valence-corrected chi connectivity index (χ3v) is 3.52. The largest absolute Gasteiger partial charge is 0.319 e. The van der Waals surface area contributed by atoms with Gasteiger partial charge in [0.05, 0.1) is 5.54 Å². The molecule has 0 heterocycles. The molecule has 3 heteroatoms. The number of ketones is 1. The predicted molar refractivity (Wildman–Crippen MR) is 65.8 cm³/mol. The number of hydrogen-bond acceptors (Lipinski definition) is 2. The second-order valence-corrected chi connectivity index (χ2v) is 4.99. The summed E-state index contributed by atoms with van der Waals surface area (Å²) < 4.78 is 0. The molecule has 0 amide bonds. The van der Waals surface area contributed by atoms with Crippen molar-refractivity contribution < 1.29 is 4.79 Å². The van der Waals surface area contributed by atoms with Crippen LogP contribution in [0.15, 0.2) is 24.3 Å². The van der Waals surface area contributed by atoms with Crippen LogP contribution in [0.2, 0.25) is 5.02 Å². The van der Waals surface area contributed by atoms with Gasteiger partial charge in [-0.05, 0) is 25.0 Å². The van der Waals surface area contributed by atoms with Crippen LogP contribution >= 0.6 is 11.6 Å². The average Bonchev–Trinajstić information content (AvgIpc) is 2.29. The Labute approximate surface area is 101 Å². The molecule has 0 spiro atoms. The standard InChI is InChI=1S/C13H16ClNO/c14-11-6-4-5-10(9-11)12(16)13(15)7-2-1-3-8-13/h4-6,9H,1-3,7-8,15H2. The summed E-state index contributed by atoms with van der Waals surface area (Å²) in [6, 6.07) is 7.05. The number of halogens is 1. The molecule has 0 aromatic heterocycles. The van der Waals surface area contributed by atoms with E-state index in [2.05, 4.69) is 0 Å². The Bertz CT molecular complexity index is 397. The maximum atomic E-state index is 12.3. The topological polar surface area (TPSA) is 43.1 Å². The van der Waals surface area contributed by atoms with Gasteiger partial charge in [0, 0.05) is 10.6 Å². The predicted octanol–water partition coefficient (Wildman–Crippen LogP) is 3.18. The molecular formula is C13H16ClNO. The number of nitrogens with two attached hydrogens (primary N) is 1. The van der Waals surface area contributed by atoms with Crippen molar-refractivity contribution in [2.45, 2.75) is 37.6 Å². The smallest absolute Gasteiger partial charge is 0.182 e. The molecule has 0 radical (unpaired) electrons. The van der Waals surface area contributed by atoms with Gasteiger partial charge in [0.1, 0.15) is 0 Å². The molecule has 16 heavy (non-hydrogen) atoms. The molecule has 1 aromatic carbocycles. The summed E-state index contributed by atoms with van der Waals surface area (Å²) >= 11 is 5.88. The Balaban J connectivity index is 2.24. The Morgan fingerprint density at radius 2 is 1.94 bits per heavy atom. The lowest BCUT2D eigenvalue weighted by molar-refractivity contribution is 0.0848. The first-order valence-electron chi connectivity index (χ1n) is 5.71. The molecule has 0 saturated heterocycles. The summed E-state index contributed by atoms with van der Waals surface area (Å²) in [6.07, 6.45) is 4.85. The van der Waals surface area contributed by atoms with Crippen LogP contribution in [0, 0.1) is 0 Å². The van der Waals surface area contributed by atoms with E-state index in [0.717, 1.165) is 25.7 Å². The molecule has 2 rings (SSSR count). The number of carbonyl (C=O) groups is 1. The third kappa shape index (κ3) is 2.28. The van der Waals surface area contributed by atoms with Gasteiger partial charge in [-0.1, -0.05) is 43.0 Å². The molecule has 1 aromatic rings. The van der Waals surface area contributed by atoms with Gasteiger partial charge in [0.25, 0.3) is 0 Å². The van der Waals surface area contributed by atoms with Crippen molar-refractivity contribution in [3.05, 3.63) is 34.9 Å². The summed E-state index contributed by atoms with van der Waals surface area (Å²) in [5, 5.41) is 0.588. The lowest BCUT2D eigenvalue weighted by Crippen LogP contribution is -2.49. The highest BCUT2D eigenvalue weighted by Crippen LogP contribution is 2.29. The van der Waals surface area contributed by atoms with Crippen LogP contribution in [-0.2, 0) is 0 Å². The molecule has 1 aliphatic rings. The fraction of sp³-hybridized carbons (Fsp3) is 0.462. The molecule has 1 saturated carbocycles. The minimum atomic E-state index is -0.664. The SMILES string of the molecule is NC1(C(=O)c2cccc(Cl)c2)CCCCC1. The summed E-state index contributed by atoms with van der Waals surface area (Å²) in [4.78, 5) is 12.3. The van der Waals surface area contributed by atoms with E-state index in [0.29, 0.717) is 10.6 Å². The molecular weight excluding hydrogens is 222 g/mol. The van der Waals surface area contributed by atoms with E-state index >= 15 is 0 Å². The molecule has 1 aliphatic carbocycles. The molecule has 86 valence electrons. The van der Waals surface area contributed by atoms with Crippen LogP contribution in [0.25, 0.3) is 0 Å². The van der Waals surface area contributed by atoms with Crippen molar-refractivity contribution >= 4 is 17.4 Å². The molecule has 0 aliphatic heterocycles. The first-order chi connectivity index (χ1) is 7.62. The maximum absolute atomic E-state index is 12.3. The minimum absolute atomic E-state index is 0.0368. The Morgan fingerprint density at radius 1 is 1.25 bits per heavy atom. The van der Waals surface area contributed by atoms with E-state index in [-0.39, 0.29) is 5.78 Å². The maximum Gasteiger partial charge on any atom is 0.182 e. The highest BCUT2D eigenvalue weighted by atomic mass is 35.5. The first-order valence-corrected chi connectivity index (χ1v) is 6.09. The van der Waals surface area contributed by atoms with Crippen molar-refractivity contribution in [2.75, 3.05) is 0 Å². The molecule has 1 fully saturated rings. The van der Waals surface area contributed by atoms with Gasteiger partial charge < -0.3 is 5.73 Å². The number of carbonyl (C=O) groups excluding carboxylic acids is 1. The molecule has 2 N–H and O–H groups in total. The summed E-state index contributed by atoms with van der Waals surface area (Å²) in [5.74, 6) is 0.0368. The second kappa shape index (κ2) is 4.56. The zero-order valence-electron chi connectivity index (χ0n) is 9.21. The monoisotopic (exact) mass is 237 g/mol. The van der Waals surface area contributed by atoms with Crippen LogP contribution < -0.4 is 5.73 Å². The summed E-state index contributed by atoms with van der Waals surface area (Å²) in [6.45, 7) is 0. The normalized spacial score (nSPS) is 19.4. The number of rotatable bonds is 2. The van der Waals surface area contributed by atoms with Crippen LogP contribution in [0.4, 0.5) is 0 Å². The van der Waals surface area contributed by atoms with E-state index in [4.69, 9.17) is 17.3 Å². The number of hydrogen-bond donors (Lipinski definition) is 1. The van der Waals surface area contributed by atoms with E-state index in [1.165, 1.54) is 6.42 Å². The fourth-order valence-electron chi connectivity index (χ4n) is 2.33. The van der Waals surface area contributed by atoms with Crippen LogP contribution in [0.1, 0.15) is 42.5 Å². The Morgan fingerprint density at radius 3 is 2.56 bits per heavy atom. The zero-order chi connectivity index (χ0) is 11.6. The van der Waals surface area contributed by atoms with Gasteiger partial charge >= 0.3 is 0 Å². The van der Waals surface area contributed by atoms with E-state index in [1.54, 1.807) is 24.3 Å². The molecule has 0 atom stereocenters. The molecule has 2 nitrogen and oxygen atoms in total. The average molecular weight is 238 g/mol. The Hall–Kier alpha value is -0.860. The van der Waals surface area contributed by atoms with Crippen molar-refractivity contribution in [1.29, 1.82) is 0 Å². The zero-order valence-corrected chi connectivity index (χ0v) is 9.96. The van der Waals surface area contributed by atoms with Gasteiger partial charge in [-0.3, -0.25) is 4.79 Å². The van der Waals surface area contributed by atoms with Gasteiger partial charge in [0.2, 0.25) is 0 Å². The van der Waals surface area contributed by atoms with E-state index in [1.807, 2.05) is 0 Å². The fourth-order valence-corrected chi connectivity index (χ4v) is 2.52. The van der Waals surface area contributed by atoms with Crippen LogP contribution in [0.5, 0.6) is 0 Å². The number of Topliss-reactive ketones (excluding diaryl/α,β-unsaturated/α-hetero) is 1. The first kappa shape index (κ1) is 11.6. The lowest BCUT2D eigenvalue weighted by atomic mass is 9.77. The highest BCUT2D eigenvalue weighted by Gasteiger charge is 2.35. The third-order valence-electron chi connectivity index (χ3n) is 3.28. The Kier molecular flexibility index (Phi) is 3.31. The highest BCUT2D eigenvalue weighted by molar-refractivity contribution is 6.31. The van der Waals surface area contributed by atoms with Crippen LogP contribution in [0.3, 0.4) is 0 Å². The minimum Gasteiger partial charge on any atom is -0.319 e. The van der Waals surface area contributed by atoms with Gasteiger partial charge in [-0.25, -0.2) is 0 Å². The van der Waals surface area contributed by atoms with Crippen molar-refractivity contribution in [3.8, 4) is 0 Å². The molecule has 0 unspecified atom stereocenters. The summed E-state index contributed by atoms with van der Waals surface area (Å²) in [7, 11) is 0. The van der Waals surface area contributed by atoms with Crippen molar-refractivity contribution in [2.24, 2.45) is 5.73 Å². The second-order valence-electron chi connectivity index (χ2n) is 4.56. The quantitative estimate of drug-likeness (QED) is 0.803. The van der Waals surface area contributed by atoms with Gasteiger partial charge in [-0.2, -0.15) is 0 Å².